The number of aromatic nitrogens is 2. The van der Waals surface area contributed by atoms with Gasteiger partial charge in [0, 0.05) is 11.0 Å². The maximum Gasteiger partial charge on any atom is 0.243 e. The average molecular weight is 422 g/mol. The van der Waals surface area contributed by atoms with E-state index in [1.807, 2.05) is 18.2 Å². The van der Waals surface area contributed by atoms with Gasteiger partial charge in [-0.2, -0.15) is 4.98 Å². The number of hydrogen-bond donors (Lipinski definition) is 1. The largest absolute Gasteiger partial charge is 0.436 e. The quantitative estimate of drug-likeness (QED) is 0.715. The SMILES string of the molecule is CCCNc1ncc(Cl)c(Oc2ccc(Br)cc2Br)n1. The highest BCUT2D eigenvalue weighted by Gasteiger charge is 2.10. The lowest BCUT2D eigenvalue weighted by atomic mass is 10.3. The first-order valence-electron chi connectivity index (χ1n) is 5.99. The third kappa shape index (κ3) is 4.07. The second kappa shape index (κ2) is 7.24. The topological polar surface area (TPSA) is 47.0 Å². The van der Waals surface area contributed by atoms with Crippen molar-refractivity contribution in [2.75, 3.05) is 11.9 Å². The van der Waals surface area contributed by atoms with Crippen LogP contribution >= 0.6 is 43.5 Å². The Balaban J connectivity index is 2.23. The summed E-state index contributed by atoms with van der Waals surface area (Å²) in [4.78, 5) is 8.36. The highest BCUT2D eigenvalue weighted by Crippen LogP contribution is 2.34. The Bertz CT molecular complexity index is 610. The van der Waals surface area contributed by atoms with Crippen LogP contribution in [0.25, 0.3) is 0 Å². The van der Waals surface area contributed by atoms with E-state index in [4.69, 9.17) is 16.3 Å². The zero-order valence-corrected chi connectivity index (χ0v) is 14.6. The fraction of sp³-hybridized carbons (Fsp3) is 0.231. The summed E-state index contributed by atoms with van der Waals surface area (Å²) in [6.45, 7) is 2.86. The van der Waals surface area contributed by atoms with Crippen molar-refractivity contribution in [2.45, 2.75) is 13.3 Å². The molecule has 0 fully saturated rings. The third-order valence-corrected chi connectivity index (χ3v) is 3.72. The normalized spacial score (nSPS) is 10.4. The summed E-state index contributed by atoms with van der Waals surface area (Å²) >= 11 is 12.9. The minimum absolute atomic E-state index is 0.322. The van der Waals surface area contributed by atoms with Crippen molar-refractivity contribution in [3.63, 3.8) is 0 Å². The van der Waals surface area contributed by atoms with Gasteiger partial charge in [-0.05, 0) is 40.5 Å². The number of ether oxygens (including phenoxy) is 1. The molecule has 1 aromatic carbocycles. The molecule has 1 aromatic heterocycles. The van der Waals surface area contributed by atoms with Crippen LogP contribution < -0.4 is 10.1 Å². The Kier molecular flexibility index (Phi) is 5.63. The number of anilines is 1. The highest BCUT2D eigenvalue weighted by molar-refractivity contribution is 9.11. The van der Waals surface area contributed by atoms with E-state index in [0.29, 0.717) is 22.6 Å². The number of nitrogens with one attached hydrogen (secondary N) is 1. The van der Waals surface area contributed by atoms with Gasteiger partial charge in [-0.3, -0.25) is 0 Å². The lowest BCUT2D eigenvalue weighted by Gasteiger charge is -2.10. The predicted molar refractivity (Wildman–Crippen MR) is 87.7 cm³/mol. The van der Waals surface area contributed by atoms with Crippen molar-refractivity contribution in [1.82, 2.24) is 9.97 Å². The molecule has 4 nitrogen and oxygen atoms in total. The van der Waals surface area contributed by atoms with Crippen LogP contribution in [-0.2, 0) is 0 Å². The van der Waals surface area contributed by atoms with Gasteiger partial charge in [0.2, 0.25) is 11.8 Å². The molecule has 0 aliphatic heterocycles. The van der Waals surface area contributed by atoms with Gasteiger partial charge < -0.3 is 10.1 Å². The van der Waals surface area contributed by atoms with E-state index in [1.165, 1.54) is 6.20 Å². The van der Waals surface area contributed by atoms with Gasteiger partial charge in [-0.25, -0.2) is 4.98 Å². The lowest BCUT2D eigenvalue weighted by Crippen LogP contribution is -2.05. The van der Waals surface area contributed by atoms with Crippen LogP contribution in [0.15, 0.2) is 33.3 Å². The van der Waals surface area contributed by atoms with Gasteiger partial charge >= 0.3 is 0 Å². The Morgan fingerprint density at radius 2 is 2.15 bits per heavy atom. The molecule has 2 aromatic rings. The second-order valence-corrected chi connectivity index (χ2v) is 6.13. The predicted octanol–water partition coefficient (Wildman–Crippen LogP) is 5.27. The lowest BCUT2D eigenvalue weighted by molar-refractivity contribution is 0.459. The summed E-state index contributed by atoms with van der Waals surface area (Å²) in [5.41, 5.74) is 0. The first-order valence-corrected chi connectivity index (χ1v) is 7.96. The number of rotatable bonds is 5. The van der Waals surface area contributed by atoms with E-state index in [0.717, 1.165) is 21.9 Å². The van der Waals surface area contributed by atoms with Gasteiger partial charge in [-0.1, -0.05) is 34.5 Å². The van der Waals surface area contributed by atoms with E-state index < -0.39 is 0 Å². The zero-order valence-electron chi connectivity index (χ0n) is 10.7. The summed E-state index contributed by atoms with van der Waals surface area (Å²) in [6, 6.07) is 5.60. The molecule has 0 radical (unpaired) electrons. The molecule has 106 valence electrons. The molecule has 0 amide bonds. The molecule has 0 unspecified atom stereocenters. The molecule has 1 N–H and O–H groups in total. The minimum atomic E-state index is 0.322. The first kappa shape index (κ1) is 15.5. The number of nitrogens with zero attached hydrogens (tertiary/aromatic N) is 2. The van der Waals surface area contributed by atoms with Crippen molar-refractivity contribution >= 4 is 49.4 Å². The van der Waals surface area contributed by atoms with E-state index in [-0.39, 0.29) is 0 Å². The molecule has 7 heteroatoms. The molecular weight excluding hydrogens is 409 g/mol. The van der Waals surface area contributed by atoms with Crippen LogP contribution in [-0.4, -0.2) is 16.5 Å². The summed E-state index contributed by atoms with van der Waals surface area (Å²) < 4.78 is 7.49. The molecule has 0 aliphatic rings. The van der Waals surface area contributed by atoms with Gasteiger partial charge in [-0.15, -0.1) is 0 Å². The third-order valence-electron chi connectivity index (χ3n) is 2.35. The van der Waals surface area contributed by atoms with Gasteiger partial charge in [0.25, 0.3) is 0 Å². The van der Waals surface area contributed by atoms with Crippen LogP contribution in [0.5, 0.6) is 11.6 Å². The highest BCUT2D eigenvalue weighted by atomic mass is 79.9. The van der Waals surface area contributed by atoms with Crippen molar-refractivity contribution in [2.24, 2.45) is 0 Å². The summed E-state index contributed by atoms with van der Waals surface area (Å²) in [7, 11) is 0. The Morgan fingerprint density at radius 1 is 1.35 bits per heavy atom. The standard InChI is InChI=1S/C13H12Br2ClN3O/c1-2-5-17-13-18-7-10(16)12(19-13)20-11-4-3-8(14)6-9(11)15/h3-4,6-7H,2,5H2,1H3,(H,17,18,19). The smallest absolute Gasteiger partial charge is 0.243 e. The van der Waals surface area contributed by atoms with E-state index in [1.54, 1.807) is 0 Å². The minimum Gasteiger partial charge on any atom is -0.436 e. The van der Waals surface area contributed by atoms with Gasteiger partial charge in [0.1, 0.15) is 10.8 Å². The van der Waals surface area contributed by atoms with E-state index in [2.05, 4.69) is 54.1 Å². The Hall–Kier alpha value is -0.850. The fourth-order valence-corrected chi connectivity index (χ4v) is 2.66. The van der Waals surface area contributed by atoms with Crippen molar-refractivity contribution < 1.29 is 4.74 Å². The number of hydrogen-bond acceptors (Lipinski definition) is 4. The monoisotopic (exact) mass is 419 g/mol. The van der Waals surface area contributed by atoms with E-state index in [9.17, 15) is 0 Å². The molecule has 20 heavy (non-hydrogen) atoms. The molecule has 0 bridgehead atoms. The summed E-state index contributed by atoms with van der Waals surface area (Å²) in [5.74, 6) is 1.46. The Morgan fingerprint density at radius 3 is 2.85 bits per heavy atom. The second-order valence-electron chi connectivity index (χ2n) is 3.95. The summed E-state index contributed by atoms with van der Waals surface area (Å²) in [5, 5.41) is 3.45. The van der Waals surface area contributed by atoms with Gasteiger partial charge in [0.05, 0.1) is 10.7 Å². The molecule has 0 saturated heterocycles. The summed E-state index contributed by atoms with van der Waals surface area (Å²) in [6.07, 6.45) is 2.51. The average Bonchev–Trinajstić information content (AvgIpc) is 2.42. The van der Waals surface area contributed by atoms with Crippen molar-refractivity contribution in [3.8, 4) is 11.6 Å². The van der Waals surface area contributed by atoms with Crippen LogP contribution in [0.2, 0.25) is 5.02 Å². The number of halogens is 3. The van der Waals surface area contributed by atoms with Crippen LogP contribution in [0, 0.1) is 0 Å². The molecule has 1 heterocycles. The van der Waals surface area contributed by atoms with Crippen molar-refractivity contribution in [3.05, 3.63) is 38.4 Å². The molecular formula is C13H12Br2ClN3O. The van der Waals surface area contributed by atoms with Crippen LogP contribution in [0.1, 0.15) is 13.3 Å². The molecule has 2 rings (SSSR count). The number of benzene rings is 1. The van der Waals surface area contributed by atoms with Gasteiger partial charge in [0.15, 0.2) is 0 Å². The maximum atomic E-state index is 6.06. The fourth-order valence-electron chi connectivity index (χ4n) is 1.41. The first-order chi connectivity index (χ1) is 9.60. The van der Waals surface area contributed by atoms with Crippen LogP contribution in [0.4, 0.5) is 5.95 Å². The molecule has 0 atom stereocenters. The Labute approximate surface area is 139 Å². The van der Waals surface area contributed by atoms with E-state index >= 15 is 0 Å². The molecule has 0 saturated carbocycles. The molecule has 0 spiro atoms. The zero-order chi connectivity index (χ0) is 14.5. The molecule has 0 aliphatic carbocycles. The van der Waals surface area contributed by atoms with Crippen molar-refractivity contribution in [1.29, 1.82) is 0 Å². The maximum absolute atomic E-state index is 6.06. The van der Waals surface area contributed by atoms with Crippen LogP contribution in [0.3, 0.4) is 0 Å².